The third-order valence-corrected chi connectivity index (χ3v) is 9.27. The van der Waals surface area contributed by atoms with Gasteiger partial charge in [-0.05, 0) is 61.1 Å². The van der Waals surface area contributed by atoms with Crippen molar-refractivity contribution in [2.75, 3.05) is 51.3 Å². The number of nitrogens with zero attached hydrogens (tertiary/aromatic N) is 2. The van der Waals surface area contributed by atoms with Crippen LogP contribution in [0.1, 0.15) is 76.3 Å². The second kappa shape index (κ2) is 19.3. The smallest absolute Gasteiger partial charge is 0.274 e. The lowest BCUT2D eigenvalue weighted by Crippen LogP contribution is -2.28. The van der Waals surface area contributed by atoms with E-state index in [0.717, 1.165) is 59.4 Å². The lowest BCUT2D eigenvalue weighted by atomic mass is 9.94. The van der Waals surface area contributed by atoms with E-state index in [4.69, 9.17) is 18.9 Å². The van der Waals surface area contributed by atoms with E-state index in [9.17, 15) is 9.59 Å². The van der Waals surface area contributed by atoms with Crippen LogP contribution >= 0.6 is 0 Å². The van der Waals surface area contributed by atoms with Crippen LogP contribution in [-0.4, -0.2) is 74.5 Å². The van der Waals surface area contributed by atoms with Gasteiger partial charge in [-0.25, -0.2) is 0 Å². The zero-order chi connectivity index (χ0) is 37.7. The Kier molecular flexibility index (Phi) is 14.3. The van der Waals surface area contributed by atoms with E-state index in [1.807, 2.05) is 50.2 Å². The highest BCUT2D eigenvalue weighted by atomic mass is 16.5. The molecule has 0 bridgehead atoms. The van der Waals surface area contributed by atoms with Gasteiger partial charge in [-0.1, -0.05) is 44.5 Å². The number of benzene rings is 2. The molecule has 0 radical (unpaired) electrons. The van der Waals surface area contributed by atoms with E-state index in [-0.39, 0.29) is 23.2 Å². The Labute approximate surface area is 312 Å². The number of carbonyl (C=O) groups excluding carboxylic acids is 2. The number of hydrogen-bond donors (Lipinski definition) is 4. The molecule has 53 heavy (non-hydrogen) atoms. The quantitative estimate of drug-likeness (QED) is 0.121. The fourth-order valence-corrected chi connectivity index (χ4v) is 6.22. The zero-order valence-electron chi connectivity index (χ0n) is 31.6. The van der Waals surface area contributed by atoms with Crippen LogP contribution in [-0.2, 0) is 22.6 Å². The van der Waals surface area contributed by atoms with Crippen molar-refractivity contribution in [3.05, 3.63) is 94.6 Å². The number of aromatic nitrogens is 2. The minimum absolute atomic E-state index is 0.249. The predicted octanol–water partition coefficient (Wildman–Crippen LogP) is 6.46. The molecular formula is C41H52N6O6. The van der Waals surface area contributed by atoms with Gasteiger partial charge in [0.1, 0.15) is 22.9 Å². The van der Waals surface area contributed by atoms with Crippen LogP contribution in [0.15, 0.2) is 60.9 Å². The van der Waals surface area contributed by atoms with Gasteiger partial charge in [0, 0.05) is 85.4 Å². The van der Waals surface area contributed by atoms with E-state index < -0.39 is 0 Å². The van der Waals surface area contributed by atoms with Crippen LogP contribution in [0.3, 0.4) is 0 Å². The summed E-state index contributed by atoms with van der Waals surface area (Å²) in [6.07, 6.45) is 6.52. The summed E-state index contributed by atoms with van der Waals surface area (Å²) in [6, 6.07) is 15.4. The van der Waals surface area contributed by atoms with Crippen LogP contribution in [0.4, 0.5) is 11.4 Å². The molecule has 2 amide bonds. The molecule has 12 heteroatoms. The van der Waals surface area contributed by atoms with Crippen LogP contribution in [0, 0.1) is 13.8 Å². The number of carbonyl (C=O) groups is 2. The monoisotopic (exact) mass is 724 g/mol. The molecule has 2 aromatic carbocycles. The van der Waals surface area contributed by atoms with Crippen LogP contribution in [0.5, 0.6) is 11.5 Å². The summed E-state index contributed by atoms with van der Waals surface area (Å²) >= 11 is 0. The first-order chi connectivity index (χ1) is 25.8. The van der Waals surface area contributed by atoms with Crippen molar-refractivity contribution in [1.82, 2.24) is 20.6 Å². The first-order valence-electron chi connectivity index (χ1n) is 18.3. The van der Waals surface area contributed by atoms with Crippen molar-refractivity contribution in [2.45, 2.75) is 72.1 Å². The average Bonchev–Trinajstić information content (AvgIpc) is 3.90. The van der Waals surface area contributed by atoms with Gasteiger partial charge in [-0.3, -0.25) is 19.6 Å². The van der Waals surface area contributed by atoms with Crippen LogP contribution < -0.4 is 30.7 Å². The standard InChI is InChI=1S/C38H44N6O6.C3H8/c1-23-29(7-5-9-31(23)43-37(45)33-15-35(47-3)25(19-41-33)17-39-27-11-13-49-21-27)30-8-6-10-32(24(30)2)44-38(46)34-16-36(48-4)26(20-42-34)18-40-28-12-14-50-22-28;1-3-2/h5-10,15-16,19-20,27-28,39-40H,11-14,17-18,21-22H2,1-4H3,(H,43,45)(H,44,46);3H2,1-2H3. The summed E-state index contributed by atoms with van der Waals surface area (Å²) in [4.78, 5) is 35.6. The highest BCUT2D eigenvalue weighted by molar-refractivity contribution is 6.05. The molecule has 6 rings (SSSR count). The largest absolute Gasteiger partial charge is 0.496 e. The predicted molar refractivity (Wildman–Crippen MR) is 207 cm³/mol. The molecule has 4 aromatic rings. The van der Waals surface area contributed by atoms with Crippen molar-refractivity contribution < 1.29 is 28.5 Å². The molecule has 0 spiro atoms. The maximum Gasteiger partial charge on any atom is 0.274 e. The van der Waals surface area contributed by atoms with E-state index in [0.29, 0.717) is 61.3 Å². The number of nitrogens with one attached hydrogen (secondary N) is 4. The normalized spacial score (nSPS) is 16.4. The van der Waals surface area contributed by atoms with Gasteiger partial charge in [-0.2, -0.15) is 0 Å². The highest BCUT2D eigenvalue weighted by Gasteiger charge is 2.20. The Hall–Kier alpha value is -4.88. The molecule has 2 unspecified atom stereocenters. The number of hydrogen-bond acceptors (Lipinski definition) is 10. The van der Waals surface area contributed by atoms with Gasteiger partial charge in [0.25, 0.3) is 11.8 Å². The number of methoxy groups -OCH3 is 2. The highest BCUT2D eigenvalue weighted by Crippen LogP contribution is 2.34. The number of ether oxygens (including phenoxy) is 4. The summed E-state index contributed by atoms with van der Waals surface area (Å²) in [5.41, 5.74) is 7.12. The van der Waals surface area contributed by atoms with Crippen LogP contribution in [0.2, 0.25) is 0 Å². The molecule has 4 N–H and O–H groups in total. The second-order valence-electron chi connectivity index (χ2n) is 13.2. The molecule has 2 aromatic heterocycles. The third-order valence-electron chi connectivity index (χ3n) is 9.27. The SMILES string of the molecule is CCC.COc1cc(C(=O)Nc2cccc(-c3cccc(NC(=O)c4cc(OC)c(CNC5CCOC5)cn4)c3C)c2C)ncc1CNC1CCOC1. The fourth-order valence-electron chi connectivity index (χ4n) is 6.22. The molecule has 12 nitrogen and oxygen atoms in total. The zero-order valence-corrected chi connectivity index (χ0v) is 31.6. The van der Waals surface area contributed by atoms with Crippen LogP contribution in [0.25, 0.3) is 11.1 Å². The van der Waals surface area contributed by atoms with Gasteiger partial charge < -0.3 is 40.2 Å². The van der Waals surface area contributed by atoms with Crippen molar-refractivity contribution in [3.8, 4) is 22.6 Å². The Morgan fingerprint density at radius 2 is 1.13 bits per heavy atom. The Morgan fingerprint density at radius 1 is 0.717 bits per heavy atom. The summed E-state index contributed by atoms with van der Waals surface area (Å²) < 4.78 is 22.1. The maximum atomic E-state index is 13.4. The number of pyridine rings is 2. The molecule has 2 atom stereocenters. The number of rotatable bonds is 13. The van der Waals surface area contributed by atoms with Gasteiger partial charge >= 0.3 is 0 Å². The topological polar surface area (TPSA) is 145 Å². The lowest BCUT2D eigenvalue weighted by Gasteiger charge is -2.17. The van der Waals surface area contributed by atoms with E-state index in [1.54, 1.807) is 38.7 Å². The van der Waals surface area contributed by atoms with Crippen molar-refractivity contribution in [3.63, 3.8) is 0 Å². The third kappa shape index (κ3) is 10.2. The summed E-state index contributed by atoms with van der Waals surface area (Å²) in [7, 11) is 3.17. The molecule has 2 aliphatic rings. The maximum absolute atomic E-state index is 13.4. The van der Waals surface area contributed by atoms with Gasteiger partial charge in [0.05, 0.1) is 27.4 Å². The minimum Gasteiger partial charge on any atom is -0.496 e. The molecule has 0 saturated carbocycles. The summed E-state index contributed by atoms with van der Waals surface area (Å²) in [6.45, 7) is 12.2. The Morgan fingerprint density at radius 3 is 1.49 bits per heavy atom. The molecular weight excluding hydrogens is 672 g/mol. The number of anilines is 2. The van der Waals surface area contributed by atoms with Crippen molar-refractivity contribution >= 4 is 23.2 Å². The second-order valence-corrected chi connectivity index (χ2v) is 13.2. The molecule has 2 saturated heterocycles. The molecule has 2 fully saturated rings. The summed E-state index contributed by atoms with van der Waals surface area (Å²) in [5, 5.41) is 13.0. The Bertz CT molecular complexity index is 1720. The van der Waals surface area contributed by atoms with E-state index in [1.165, 1.54) is 6.42 Å². The van der Waals surface area contributed by atoms with E-state index in [2.05, 4.69) is 45.1 Å². The average molecular weight is 725 g/mol. The van der Waals surface area contributed by atoms with Gasteiger partial charge in [-0.15, -0.1) is 0 Å². The summed E-state index contributed by atoms with van der Waals surface area (Å²) in [5.74, 6) is 0.491. The molecule has 0 aliphatic carbocycles. The number of amides is 2. The molecule has 2 aliphatic heterocycles. The van der Waals surface area contributed by atoms with Gasteiger partial charge in [0.15, 0.2) is 0 Å². The first kappa shape index (κ1) is 39.3. The molecule has 4 heterocycles. The Balaban J connectivity index is 0.00000175. The first-order valence-corrected chi connectivity index (χ1v) is 18.3. The van der Waals surface area contributed by atoms with Crippen molar-refractivity contribution in [2.24, 2.45) is 0 Å². The van der Waals surface area contributed by atoms with Gasteiger partial charge in [0.2, 0.25) is 0 Å². The fraction of sp³-hybridized carbons (Fsp3) is 0.415. The van der Waals surface area contributed by atoms with Crippen molar-refractivity contribution in [1.29, 1.82) is 0 Å². The molecule has 282 valence electrons. The van der Waals surface area contributed by atoms with E-state index >= 15 is 0 Å². The lowest BCUT2D eigenvalue weighted by molar-refractivity contribution is 0.101. The minimum atomic E-state index is -0.345.